The predicted octanol–water partition coefficient (Wildman–Crippen LogP) is 7.49. The lowest BCUT2D eigenvalue weighted by Crippen LogP contribution is -2.47. The molecule has 1 N–H and O–H groups in total. The van der Waals surface area contributed by atoms with Crippen molar-refractivity contribution in [2.75, 3.05) is 26.2 Å². The van der Waals surface area contributed by atoms with Crippen LogP contribution in [-0.4, -0.2) is 52.0 Å². The Morgan fingerprint density at radius 1 is 1.05 bits per heavy atom. The molecular weight excluding hydrogens is 558 g/mol. The van der Waals surface area contributed by atoms with Gasteiger partial charge < -0.3 is 14.8 Å². The molecule has 6 nitrogen and oxygen atoms in total. The second kappa shape index (κ2) is 10.4. The number of hydrogen-bond donors (Lipinski definition) is 1. The van der Waals surface area contributed by atoms with Crippen molar-refractivity contribution in [3.8, 4) is 17.2 Å². The van der Waals surface area contributed by atoms with E-state index in [1.54, 1.807) is 11.0 Å². The number of aromatic amines is 1. The molecule has 3 aromatic carbocycles. The molecule has 43 heavy (non-hydrogen) atoms. The minimum Gasteiger partial charge on any atom is -0.341 e. The Kier molecular flexibility index (Phi) is 6.95. The molecule has 2 fully saturated rings. The zero-order valence-corrected chi connectivity index (χ0v) is 23.9. The van der Waals surface area contributed by atoms with Gasteiger partial charge in [-0.1, -0.05) is 36.4 Å². The zero-order valence-electron chi connectivity index (χ0n) is 23.9. The number of halogens is 4. The highest BCUT2D eigenvalue weighted by atomic mass is 19.4. The summed E-state index contributed by atoms with van der Waals surface area (Å²) in [6, 6.07) is 19.1. The molecule has 10 heteroatoms. The monoisotopic (exact) mass is 589 g/mol. The van der Waals surface area contributed by atoms with Crippen LogP contribution in [0.2, 0.25) is 0 Å². The molecule has 222 valence electrons. The van der Waals surface area contributed by atoms with Crippen LogP contribution in [0.15, 0.2) is 60.7 Å². The average molecular weight is 590 g/mol. The summed E-state index contributed by atoms with van der Waals surface area (Å²) in [5, 5.41) is 9.31. The Morgan fingerprint density at radius 3 is 2.37 bits per heavy atom. The number of H-pyrrole nitrogens is 1. The predicted molar refractivity (Wildman–Crippen MR) is 155 cm³/mol. The Labute approximate surface area is 246 Å². The molecule has 2 heterocycles. The SMILES string of the molecule is CCN(CC)C(=O)N1CCC2(CC1)CC2(c1ccc(-c2cccc(C#N)c2)cc1)c1nc2cc(F)c(C(F)(F)F)cc2[nH]1. The fourth-order valence-electron chi connectivity index (χ4n) is 6.93. The minimum absolute atomic E-state index is 0.00828. The van der Waals surface area contributed by atoms with Crippen LogP contribution >= 0.6 is 0 Å². The van der Waals surface area contributed by atoms with E-state index >= 15 is 0 Å². The van der Waals surface area contributed by atoms with Crippen LogP contribution in [-0.2, 0) is 11.6 Å². The van der Waals surface area contributed by atoms with Gasteiger partial charge in [0, 0.05) is 32.2 Å². The maximum atomic E-state index is 14.5. The van der Waals surface area contributed by atoms with E-state index in [1.165, 1.54) is 0 Å². The summed E-state index contributed by atoms with van der Waals surface area (Å²) in [5.74, 6) is -0.853. The van der Waals surface area contributed by atoms with Gasteiger partial charge >= 0.3 is 12.2 Å². The van der Waals surface area contributed by atoms with Gasteiger partial charge in [0.1, 0.15) is 11.6 Å². The number of piperidine rings is 1. The van der Waals surface area contributed by atoms with Crippen LogP contribution in [0, 0.1) is 22.6 Å². The molecule has 6 rings (SSSR count). The lowest BCUT2D eigenvalue weighted by molar-refractivity contribution is -0.139. The fourth-order valence-corrected chi connectivity index (χ4v) is 6.93. The number of urea groups is 1. The smallest absolute Gasteiger partial charge is 0.341 e. The molecule has 2 amide bonds. The lowest BCUT2D eigenvalue weighted by Gasteiger charge is -2.37. The Hall–Kier alpha value is -4.39. The second-order valence-electron chi connectivity index (χ2n) is 11.5. The highest BCUT2D eigenvalue weighted by Crippen LogP contribution is 2.72. The number of nitrogens with one attached hydrogen (secondary N) is 1. The molecule has 4 aromatic rings. The molecule has 2 aliphatic rings. The van der Waals surface area contributed by atoms with Crippen LogP contribution < -0.4 is 0 Å². The summed E-state index contributed by atoms with van der Waals surface area (Å²) in [4.78, 5) is 24.5. The molecule has 0 radical (unpaired) electrons. The molecule has 1 spiro atoms. The number of benzene rings is 3. The van der Waals surface area contributed by atoms with Gasteiger partial charge in [0.25, 0.3) is 0 Å². The molecular formula is C33H31F4N5O. The van der Waals surface area contributed by atoms with Crippen molar-refractivity contribution >= 4 is 17.1 Å². The van der Waals surface area contributed by atoms with Crippen molar-refractivity contribution in [1.82, 2.24) is 19.8 Å². The second-order valence-corrected chi connectivity index (χ2v) is 11.5. The highest BCUT2D eigenvalue weighted by molar-refractivity contribution is 5.78. The van der Waals surface area contributed by atoms with Gasteiger partial charge in [0.2, 0.25) is 0 Å². The molecule has 1 aromatic heterocycles. The fraction of sp³-hybridized carbons (Fsp3) is 0.364. The van der Waals surface area contributed by atoms with E-state index in [0.29, 0.717) is 56.8 Å². The summed E-state index contributed by atoms with van der Waals surface area (Å²) in [5.41, 5.74) is 1.35. The molecule has 1 saturated carbocycles. The first kappa shape index (κ1) is 28.7. The van der Waals surface area contributed by atoms with Crippen LogP contribution in [0.3, 0.4) is 0 Å². The van der Waals surface area contributed by atoms with E-state index in [4.69, 9.17) is 0 Å². The molecule has 1 atom stereocenters. The number of aromatic nitrogens is 2. The van der Waals surface area contributed by atoms with Crippen molar-refractivity contribution in [2.24, 2.45) is 5.41 Å². The van der Waals surface area contributed by atoms with E-state index in [2.05, 4.69) is 16.0 Å². The first-order valence-corrected chi connectivity index (χ1v) is 14.5. The first-order chi connectivity index (χ1) is 20.5. The number of hydrogen-bond acceptors (Lipinski definition) is 3. The van der Waals surface area contributed by atoms with Crippen LogP contribution in [0.1, 0.15) is 55.6 Å². The molecule has 1 unspecified atom stereocenters. The van der Waals surface area contributed by atoms with Crippen molar-refractivity contribution in [3.63, 3.8) is 0 Å². The highest BCUT2D eigenvalue weighted by Gasteiger charge is 2.70. The third-order valence-electron chi connectivity index (χ3n) is 9.39. The average Bonchev–Trinajstić information content (AvgIpc) is 3.45. The Morgan fingerprint density at radius 2 is 1.74 bits per heavy atom. The maximum absolute atomic E-state index is 14.5. The van der Waals surface area contributed by atoms with Gasteiger partial charge in [0.05, 0.1) is 33.6 Å². The largest absolute Gasteiger partial charge is 0.419 e. The van der Waals surface area contributed by atoms with Crippen molar-refractivity contribution < 1.29 is 22.4 Å². The number of nitriles is 1. The Balaban J connectivity index is 1.40. The van der Waals surface area contributed by atoms with Crippen LogP contribution in [0.5, 0.6) is 0 Å². The van der Waals surface area contributed by atoms with Gasteiger partial charge in [-0.25, -0.2) is 14.2 Å². The first-order valence-electron chi connectivity index (χ1n) is 14.5. The summed E-state index contributed by atoms with van der Waals surface area (Å²) in [6.45, 7) is 6.27. The number of amides is 2. The third kappa shape index (κ3) is 4.71. The van der Waals surface area contributed by atoms with E-state index < -0.39 is 23.0 Å². The quantitative estimate of drug-likeness (QED) is 0.245. The van der Waals surface area contributed by atoms with Crippen molar-refractivity contribution in [3.05, 3.63) is 89.0 Å². The van der Waals surface area contributed by atoms with Crippen LogP contribution in [0.4, 0.5) is 22.4 Å². The van der Waals surface area contributed by atoms with Gasteiger partial charge in [-0.2, -0.15) is 18.4 Å². The van der Waals surface area contributed by atoms with Gasteiger partial charge in [-0.3, -0.25) is 0 Å². The summed E-state index contributed by atoms with van der Waals surface area (Å²) in [7, 11) is 0. The number of imidazole rings is 1. The number of carbonyl (C=O) groups is 1. The molecule has 0 bridgehead atoms. The maximum Gasteiger partial charge on any atom is 0.419 e. The number of carbonyl (C=O) groups excluding carboxylic acids is 1. The standard InChI is InChI=1S/C33H31F4N5O/c1-3-41(4-2)30(43)42-14-12-31(13-15-42)20-32(31,24-10-8-22(9-11-24)23-7-5-6-21(16-23)19-38)29-39-27-17-25(33(35,36)37)26(34)18-28(27)40-29/h5-11,16-18H,3-4,12-15,20H2,1-2H3,(H,39,40). The van der Waals surface area contributed by atoms with E-state index in [9.17, 15) is 27.6 Å². The summed E-state index contributed by atoms with van der Waals surface area (Å²) >= 11 is 0. The Bertz CT molecular complexity index is 1730. The zero-order chi connectivity index (χ0) is 30.6. The van der Waals surface area contributed by atoms with E-state index in [-0.39, 0.29) is 22.5 Å². The van der Waals surface area contributed by atoms with E-state index in [1.807, 2.05) is 61.2 Å². The number of fused-ring (bicyclic) bond motifs is 1. The van der Waals surface area contributed by atoms with Gasteiger partial charge in [-0.15, -0.1) is 0 Å². The van der Waals surface area contributed by atoms with Crippen molar-refractivity contribution in [1.29, 1.82) is 5.26 Å². The van der Waals surface area contributed by atoms with Gasteiger partial charge in [-0.05, 0) is 73.4 Å². The summed E-state index contributed by atoms with van der Waals surface area (Å²) < 4.78 is 54.9. The number of nitrogens with zero attached hydrogens (tertiary/aromatic N) is 4. The topological polar surface area (TPSA) is 76.0 Å². The molecule has 1 aliphatic heterocycles. The third-order valence-corrected chi connectivity index (χ3v) is 9.39. The molecule has 1 aliphatic carbocycles. The molecule has 1 saturated heterocycles. The van der Waals surface area contributed by atoms with Crippen LogP contribution in [0.25, 0.3) is 22.2 Å². The number of rotatable bonds is 5. The normalized spacial score (nSPS) is 19.4. The summed E-state index contributed by atoms with van der Waals surface area (Å²) in [6.07, 6.45) is -2.73. The van der Waals surface area contributed by atoms with E-state index in [0.717, 1.165) is 28.8 Å². The lowest BCUT2D eigenvalue weighted by atomic mass is 9.79. The number of alkyl halides is 3. The van der Waals surface area contributed by atoms with Crippen molar-refractivity contribution in [2.45, 2.75) is 44.7 Å². The number of likely N-dealkylation sites (tertiary alicyclic amines) is 1. The minimum atomic E-state index is -4.83. The van der Waals surface area contributed by atoms with Gasteiger partial charge in [0.15, 0.2) is 0 Å².